The average molecular weight is 288 g/mol. The van der Waals surface area contributed by atoms with Crippen molar-refractivity contribution >= 4 is 17.1 Å². The van der Waals surface area contributed by atoms with Crippen molar-refractivity contribution < 1.29 is 9.31 Å². The highest BCUT2D eigenvalue weighted by molar-refractivity contribution is 5.72. The summed E-state index contributed by atoms with van der Waals surface area (Å²) >= 11 is 0. The predicted octanol–water partition coefficient (Wildman–Crippen LogP) is 4.67. The first-order valence-corrected chi connectivity index (χ1v) is 6.90. The van der Waals surface area contributed by atoms with Crippen LogP contribution in [-0.2, 0) is 0 Å². The van der Waals surface area contributed by atoms with Gasteiger partial charge in [0, 0.05) is 12.2 Å². The maximum Gasteiger partial charge on any atom is 0.328 e. The van der Waals surface area contributed by atoms with Crippen molar-refractivity contribution in [3.8, 4) is 0 Å². The van der Waals surface area contributed by atoms with E-state index in [2.05, 4.69) is 0 Å². The van der Waals surface area contributed by atoms with Gasteiger partial charge in [0.2, 0.25) is 5.82 Å². The summed E-state index contributed by atoms with van der Waals surface area (Å²) in [6.45, 7) is 2.65. The zero-order chi connectivity index (χ0) is 15.2. The van der Waals surface area contributed by atoms with Crippen LogP contribution in [0.3, 0.4) is 0 Å². The summed E-state index contributed by atoms with van der Waals surface area (Å²) in [5, 5.41) is 11.2. The van der Waals surface area contributed by atoms with Gasteiger partial charge < -0.3 is 4.90 Å². The van der Waals surface area contributed by atoms with E-state index in [4.69, 9.17) is 0 Å². The zero-order valence-electron chi connectivity index (χ0n) is 11.8. The minimum atomic E-state index is -0.810. The largest absolute Gasteiger partial charge is 0.336 e. The van der Waals surface area contributed by atoms with E-state index in [-0.39, 0.29) is 0 Å². The lowest BCUT2D eigenvalue weighted by molar-refractivity contribution is -0.386. The number of nitro benzene ring substituents is 1. The van der Waals surface area contributed by atoms with E-state index < -0.39 is 16.4 Å². The van der Waals surface area contributed by atoms with Gasteiger partial charge in [0.15, 0.2) is 0 Å². The second-order valence-corrected chi connectivity index (χ2v) is 4.71. The molecule has 110 valence electrons. The number of rotatable bonds is 6. The second-order valence-electron chi connectivity index (χ2n) is 4.71. The molecule has 0 N–H and O–H groups in total. The van der Waals surface area contributed by atoms with Crippen molar-refractivity contribution in [2.24, 2.45) is 0 Å². The van der Waals surface area contributed by atoms with Gasteiger partial charge in [0.1, 0.15) is 5.69 Å². The van der Waals surface area contributed by atoms with E-state index in [0.717, 1.165) is 24.6 Å². The van der Waals surface area contributed by atoms with Gasteiger partial charge in [-0.15, -0.1) is 0 Å². The normalized spacial score (nSPS) is 10.4. The van der Waals surface area contributed by atoms with Gasteiger partial charge >= 0.3 is 5.69 Å². The van der Waals surface area contributed by atoms with Crippen molar-refractivity contribution in [1.29, 1.82) is 0 Å². The number of anilines is 2. The fourth-order valence-corrected chi connectivity index (χ4v) is 2.22. The van der Waals surface area contributed by atoms with Crippen LogP contribution in [-0.4, -0.2) is 11.5 Å². The van der Waals surface area contributed by atoms with Gasteiger partial charge in [0.05, 0.1) is 4.92 Å². The van der Waals surface area contributed by atoms with Crippen molar-refractivity contribution in [1.82, 2.24) is 0 Å². The molecular formula is C16H17FN2O2. The van der Waals surface area contributed by atoms with Crippen LogP contribution in [0.5, 0.6) is 0 Å². The smallest absolute Gasteiger partial charge is 0.328 e. The van der Waals surface area contributed by atoms with E-state index in [1.807, 2.05) is 37.3 Å². The molecule has 2 aromatic rings. The summed E-state index contributed by atoms with van der Waals surface area (Å²) in [7, 11) is 0. The van der Waals surface area contributed by atoms with E-state index in [0.29, 0.717) is 12.2 Å². The van der Waals surface area contributed by atoms with Crippen LogP contribution in [0.1, 0.15) is 19.8 Å². The SMILES string of the molecule is CCCCN(c1ccccc1)c1cccc(F)c1[N+](=O)[O-]. The maximum absolute atomic E-state index is 13.8. The highest BCUT2D eigenvalue weighted by atomic mass is 19.1. The molecule has 0 amide bonds. The number of nitro groups is 1. The molecule has 0 aliphatic rings. The highest BCUT2D eigenvalue weighted by Gasteiger charge is 2.24. The molecule has 4 nitrogen and oxygen atoms in total. The summed E-state index contributed by atoms with van der Waals surface area (Å²) in [5.41, 5.74) is 0.636. The Morgan fingerprint density at radius 1 is 1.14 bits per heavy atom. The molecule has 0 saturated heterocycles. The van der Waals surface area contributed by atoms with Crippen LogP contribution in [0, 0.1) is 15.9 Å². The Morgan fingerprint density at radius 3 is 2.48 bits per heavy atom. The molecule has 0 spiro atoms. The number of hydrogen-bond acceptors (Lipinski definition) is 3. The molecule has 0 atom stereocenters. The van der Waals surface area contributed by atoms with Gasteiger partial charge in [-0.1, -0.05) is 37.6 Å². The van der Waals surface area contributed by atoms with Crippen molar-refractivity contribution in [2.75, 3.05) is 11.4 Å². The molecule has 21 heavy (non-hydrogen) atoms. The summed E-state index contributed by atoms with van der Waals surface area (Å²) in [6, 6.07) is 13.5. The highest BCUT2D eigenvalue weighted by Crippen LogP contribution is 2.35. The Morgan fingerprint density at radius 2 is 1.86 bits per heavy atom. The summed E-state index contributed by atoms with van der Waals surface area (Å²) in [4.78, 5) is 12.3. The lowest BCUT2D eigenvalue weighted by Gasteiger charge is -2.24. The van der Waals surface area contributed by atoms with Crippen LogP contribution in [0.4, 0.5) is 21.5 Å². The Hall–Kier alpha value is -2.43. The van der Waals surface area contributed by atoms with Crippen LogP contribution < -0.4 is 4.90 Å². The average Bonchev–Trinajstić information content (AvgIpc) is 2.48. The maximum atomic E-state index is 13.8. The van der Waals surface area contributed by atoms with Crippen molar-refractivity contribution in [2.45, 2.75) is 19.8 Å². The number of halogens is 1. The first-order chi connectivity index (χ1) is 10.1. The minimum absolute atomic E-state index is 0.291. The summed E-state index contributed by atoms with van der Waals surface area (Å²) in [6.07, 6.45) is 1.81. The molecule has 0 fully saturated rings. The van der Waals surface area contributed by atoms with Gasteiger partial charge in [-0.25, -0.2) is 0 Å². The van der Waals surface area contributed by atoms with Crippen LogP contribution >= 0.6 is 0 Å². The molecule has 5 heteroatoms. The van der Waals surface area contributed by atoms with Gasteiger partial charge in [0.25, 0.3) is 0 Å². The minimum Gasteiger partial charge on any atom is -0.336 e. The van der Waals surface area contributed by atoms with Gasteiger partial charge in [-0.3, -0.25) is 10.1 Å². The fraction of sp³-hybridized carbons (Fsp3) is 0.250. The Bertz CT molecular complexity index is 617. The van der Waals surface area contributed by atoms with Crippen molar-refractivity contribution in [3.05, 3.63) is 64.5 Å². The van der Waals surface area contributed by atoms with E-state index >= 15 is 0 Å². The Balaban J connectivity index is 2.52. The second kappa shape index (κ2) is 6.83. The molecule has 2 rings (SSSR count). The third kappa shape index (κ3) is 3.37. The number of benzene rings is 2. The molecule has 0 bridgehead atoms. The fourth-order valence-electron chi connectivity index (χ4n) is 2.22. The standard InChI is InChI=1S/C16H17FN2O2/c1-2-3-12-18(13-8-5-4-6-9-13)15-11-7-10-14(17)16(15)19(20)21/h4-11H,2-3,12H2,1H3. The molecule has 0 saturated carbocycles. The molecule has 0 unspecified atom stereocenters. The molecule has 2 aromatic carbocycles. The topological polar surface area (TPSA) is 46.4 Å². The number of hydrogen-bond donors (Lipinski definition) is 0. The van der Waals surface area contributed by atoms with E-state index in [1.165, 1.54) is 6.07 Å². The lowest BCUT2D eigenvalue weighted by atomic mass is 10.2. The predicted molar refractivity (Wildman–Crippen MR) is 81.4 cm³/mol. The first kappa shape index (κ1) is 15.0. The Kier molecular flexibility index (Phi) is 4.87. The summed E-state index contributed by atoms with van der Waals surface area (Å²) < 4.78 is 13.8. The number of para-hydroxylation sites is 2. The quantitative estimate of drug-likeness (QED) is 0.573. The Labute approximate surface area is 123 Å². The van der Waals surface area contributed by atoms with Crippen LogP contribution in [0.25, 0.3) is 0 Å². The third-order valence-corrected chi connectivity index (χ3v) is 3.24. The van der Waals surface area contributed by atoms with E-state index in [9.17, 15) is 14.5 Å². The number of unbranched alkanes of at least 4 members (excludes halogenated alkanes) is 1. The molecule has 0 aliphatic heterocycles. The van der Waals surface area contributed by atoms with Crippen LogP contribution in [0.15, 0.2) is 48.5 Å². The molecule has 0 aliphatic carbocycles. The van der Waals surface area contributed by atoms with Crippen LogP contribution in [0.2, 0.25) is 0 Å². The third-order valence-electron chi connectivity index (χ3n) is 3.24. The van der Waals surface area contributed by atoms with Gasteiger partial charge in [-0.2, -0.15) is 4.39 Å². The lowest BCUT2D eigenvalue weighted by Crippen LogP contribution is -2.19. The molecular weight excluding hydrogens is 271 g/mol. The van der Waals surface area contributed by atoms with E-state index in [1.54, 1.807) is 11.0 Å². The van der Waals surface area contributed by atoms with Gasteiger partial charge in [-0.05, 0) is 30.7 Å². The summed E-state index contributed by atoms with van der Waals surface area (Å²) in [5.74, 6) is -0.810. The van der Waals surface area contributed by atoms with Crippen molar-refractivity contribution in [3.63, 3.8) is 0 Å². The molecule has 0 aromatic heterocycles. The number of nitrogens with zero attached hydrogens (tertiary/aromatic N) is 2. The zero-order valence-corrected chi connectivity index (χ0v) is 11.8. The molecule has 0 radical (unpaired) electrons. The molecule has 0 heterocycles. The monoisotopic (exact) mass is 288 g/mol. The first-order valence-electron chi connectivity index (χ1n) is 6.90.